The molecule has 2 aliphatic rings. The summed E-state index contributed by atoms with van der Waals surface area (Å²) >= 11 is 6.12. The van der Waals surface area contributed by atoms with E-state index in [4.69, 9.17) is 16.7 Å². The molecule has 0 atom stereocenters. The molecule has 4 rings (SSSR count). The first-order valence-corrected chi connectivity index (χ1v) is 8.74. The number of nitrogens with zero attached hydrogens (tertiary/aromatic N) is 2. The molecular weight excluding hydrogens is 294 g/mol. The molecule has 1 aliphatic carbocycles. The number of nitrogens with one attached hydrogen (secondary N) is 1. The molecule has 4 heteroatoms. The van der Waals surface area contributed by atoms with Crippen molar-refractivity contribution in [1.82, 2.24) is 9.78 Å². The van der Waals surface area contributed by atoms with Gasteiger partial charge < -0.3 is 5.32 Å². The maximum Gasteiger partial charge on any atom is 0.133 e. The summed E-state index contributed by atoms with van der Waals surface area (Å²) < 4.78 is 2.12. The fraction of sp³-hybridized carbons (Fsp3) is 0.500. The highest BCUT2D eigenvalue weighted by atomic mass is 35.5. The summed E-state index contributed by atoms with van der Waals surface area (Å²) in [5.74, 6) is 1.88. The standard InChI is InChI=1S/C18H22ClN3/c1-12-11-14(19)8-9-16(12)22-18-15(7-2-3-10-20-18)17(21-22)13-5-4-6-13/h8-9,11,13,20H,2-7,10H2,1H3. The van der Waals surface area contributed by atoms with Crippen LogP contribution in [0.15, 0.2) is 18.2 Å². The average molecular weight is 316 g/mol. The van der Waals surface area contributed by atoms with Gasteiger partial charge in [0.15, 0.2) is 0 Å². The maximum atomic E-state index is 6.12. The largest absolute Gasteiger partial charge is 0.370 e. The molecule has 0 spiro atoms. The van der Waals surface area contributed by atoms with Gasteiger partial charge in [-0.05, 0) is 62.8 Å². The number of fused-ring (bicyclic) bond motifs is 1. The first-order valence-electron chi connectivity index (χ1n) is 8.36. The Bertz CT molecular complexity index is 701. The van der Waals surface area contributed by atoms with Crippen molar-refractivity contribution in [2.75, 3.05) is 11.9 Å². The van der Waals surface area contributed by atoms with E-state index in [2.05, 4.69) is 23.0 Å². The lowest BCUT2D eigenvalue weighted by molar-refractivity contribution is 0.406. The van der Waals surface area contributed by atoms with Gasteiger partial charge in [-0.3, -0.25) is 0 Å². The van der Waals surface area contributed by atoms with Gasteiger partial charge in [0.2, 0.25) is 0 Å². The van der Waals surface area contributed by atoms with Crippen molar-refractivity contribution in [2.45, 2.75) is 51.4 Å². The molecule has 1 saturated carbocycles. The molecule has 0 radical (unpaired) electrons. The van der Waals surface area contributed by atoms with E-state index in [0.717, 1.165) is 23.7 Å². The van der Waals surface area contributed by atoms with Crippen molar-refractivity contribution >= 4 is 17.4 Å². The zero-order valence-electron chi connectivity index (χ0n) is 13.0. The van der Waals surface area contributed by atoms with Crippen LogP contribution in [0.2, 0.25) is 5.02 Å². The predicted molar refractivity (Wildman–Crippen MR) is 91.3 cm³/mol. The summed E-state index contributed by atoms with van der Waals surface area (Å²) in [6, 6.07) is 6.06. The molecular formula is C18H22ClN3. The van der Waals surface area contributed by atoms with Crippen molar-refractivity contribution in [3.63, 3.8) is 0 Å². The van der Waals surface area contributed by atoms with Gasteiger partial charge in [-0.15, -0.1) is 0 Å². The van der Waals surface area contributed by atoms with E-state index >= 15 is 0 Å². The molecule has 2 heterocycles. The third kappa shape index (κ3) is 2.32. The first-order chi connectivity index (χ1) is 10.7. The zero-order chi connectivity index (χ0) is 15.1. The second kappa shape index (κ2) is 5.62. The van der Waals surface area contributed by atoms with Crippen LogP contribution in [-0.4, -0.2) is 16.3 Å². The molecule has 1 N–H and O–H groups in total. The summed E-state index contributed by atoms with van der Waals surface area (Å²) in [4.78, 5) is 0. The minimum Gasteiger partial charge on any atom is -0.370 e. The van der Waals surface area contributed by atoms with Gasteiger partial charge in [-0.25, -0.2) is 4.68 Å². The lowest BCUT2D eigenvalue weighted by atomic mass is 9.81. The Morgan fingerprint density at radius 2 is 2.09 bits per heavy atom. The number of aryl methyl sites for hydroxylation is 1. The molecule has 0 saturated heterocycles. The Labute approximate surface area is 136 Å². The predicted octanol–water partition coefficient (Wildman–Crippen LogP) is 4.85. The van der Waals surface area contributed by atoms with Gasteiger partial charge in [-0.1, -0.05) is 18.0 Å². The Morgan fingerprint density at radius 1 is 1.23 bits per heavy atom. The van der Waals surface area contributed by atoms with Gasteiger partial charge in [0.05, 0.1) is 11.4 Å². The first kappa shape index (κ1) is 14.1. The molecule has 0 amide bonds. The highest BCUT2D eigenvalue weighted by Gasteiger charge is 2.29. The summed E-state index contributed by atoms with van der Waals surface area (Å²) in [7, 11) is 0. The van der Waals surface area contributed by atoms with Crippen LogP contribution in [0.3, 0.4) is 0 Å². The number of hydrogen-bond acceptors (Lipinski definition) is 2. The summed E-state index contributed by atoms with van der Waals surface area (Å²) in [6.45, 7) is 3.14. The van der Waals surface area contributed by atoms with Crippen LogP contribution in [0.5, 0.6) is 0 Å². The lowest BCUT2D eigenvalue weighted by Crippen LogP contribution is -2.12. The van der Waals surface area contributed by atoms with Crippen LogP contribution >= 0.6 is 11.6 Å². The highest BCUT2D eigenvalue weighted by Crippen LogP contribution is 2.41. The Morgan fingerprint density at radius 3 is 2.82 bits per heavy atom. The van der Waals surface area contributed by atoms with E-state index in [0.29, 0.717) is 5.92 Å². The van der Waals surface area contributed by atoms with Gasteiger partial charge in [0, 0.05) is 23.0 Å². The van der Waals surface area contributed by atoms with E-state index in [9.17, 15) is 0 Å². The van der Waals surface area contributed by atoms with Gasteiger partial charge in [-0.2, -0.15) is 5.10 Å². The molecule has 3 nitrogen and oxygen atoms in total. The number of anilines is 1. The second-order valence-electron chi connectivity index (χ2n) is 6.57. The zero-order valence-corrected chi connectivity index (χ0v) is 13.8. The van der Waals surface area contributed by atoms with Gasteiger partial charge in [0.1, 0.15) is 5.82 Å². The molecule has 1 aromatic heterocycles. The third-order valence-electron chi connectivity index (χ3n) is 5.04. The van der Waals surface area contributed by atoms with Crippen LogP contribution in [0.25, 0.3) is 5.69 Å². The highest BCUT2D eigenvalue weighted by molar-refractivity contribution is 6.30. The average Bonchev–Trinajstić information content (AvgIpc) is 2.63. The smallest absolute Gasteiger partial charge is 0.133 e. The van der Waals surface area contributed by atoms with Crippen molar-refractivity contribution < 1.29 is 0 Å². The topological polar surface area (TPSA) is 29.9 Å². The Kier molecular flexibility index (Phi) is 3.61. The quantitative estimate of drug-likeness (QED) is 0.858. The van der Waals surface area contributed by atoms with Crippen LogP contribution < -0.4 is 5.32 Å². The number of rotatable bonds is 2. The fourth-order valence-corrected chi connectivity index (χ4v) is 3.80. The fourth-order valence-electron chi connectivity index (χ4n) is 3.57. The monoisotopic (exact) mass is 315 g/mol. The Balaban J connectivity index is 1.86. The SMILES string of the molecule is Cc1cc(Cl)ccc1-n1nc(C2CCC2)c2c1NCCCC2. The molecule has 116 valence electrons. The number of halogens is 1. The molecule has 0 unspecified atom stereocenters. The molecule has 1 aromatic carbocycles. The van der Waals surface area contributed by atoms with E-state index in [1.54, 1.807) is 0 Å². The number of benzene rings is 1. The van der Waals surface area contributed by atoms with Crippen LogP contribution in [0, 0.1) is 6.92 Å². The summed E-state index contributed by atoms with van der Waals surface area (Å²) in [5.41, 5.74) is 5.10. The Hall–Kier alpha value is -1.48. The van der Waals surface area contributed by atoms with E-state index in [1.165, 1.54) is 54.7 Å². The van der Waals surface area contributed by atoms with Crippen molar-refractivity contribution in [3.8, 4) is 5.69 Å². The maximum absolute atomic E-state index is 6.12. The normalized spacial score (nSPS) is 18.3. The van der Waals surface area contributed by atoms with E-state index < -0.39 is 0 Å². The lowest BCUT2D eigenvalue weighted by Gasteiger charge is -2.24. The number of hydrogen-bond donors (Lipinski definition) is 1. The third-order valence-corrected chi connectivity index (χ3v) is 5.27. The van der Waals surface area contributed by atoms with Crippen molar-refractivity contribution in [3.05, 3.63) is 40.0 Å². The summed E-state index contributed by atoms with van der Waals surface area (Å²) in [6.07, 6.45) is 7.58. The van der Waals surface area contributed by atoms with Crippen LogP contribution in [0.4, 0.5) is 5.82 Å². The van der Waals surface area contributed by atoms with Crippen LogP contribution in [-0.2, 0) is 6.42 Å². The van der Waals surface area contributed by atoms with Gasteiger partial charge in [0.25, 0.3) is 0 Å². The molecule has 1 fully saturated rings. The summed E-state index contributed by atoms with van der Waals surface area (Å²) in [5, 5.41) is 9.44. The van der Waals surface area contributed by atoms with Crippen molar-refractivity contribution in [1.29, 1.82) is 0 Å². The molecule has 0 bridgehead atoms. The van der Waals surface area contributed by atoms with Crippen molar-refractivity contribution in [2.24, 2.45) is 0 Å². The second-order valence-corrected chi connectivity index (χ2v) is 7.00. The number of aromatic nitrogens is 2. The molecule has 2 aromatic rings. The van der Waals surface area contributed by atoms with E-state index in [1.807, 2.05) is 12.1 Å². The minimum absolute atomic E-state index is 0.669. The van der Waals surface area contributed by atoms with Gasteiger partial charge >= 0.3 is 0 Å². The molecule has 22 heavy (non-hydrogen) atoms. The molecule has 1 aliphatic heterocycles. The van der Waals surface area contributed by atoms with Crippen LogP contribution in [0.1, 0.15) is 54.8 Å². The minimum atomic E-state index is 0.669. The van der Waals surface area contributed by atoms with E-state index in [-0.39, 0.29) is 0 Å².